The van der Waals surface area contributed by atoms with Crippen LogP contribution in [0.15, 0.2) is 66.7 Å². The van der Waals surface area contributed by atoms with Crippen molar-refractivity contribution < 1.29 is 5.11 Å². The van der Waals surface area contributed by atoms with E-state index >= 15 is 0 Å². The van der Waals surface area contributed by atoms with E-state index in [4.69, 9.17) is 21.6 Å². The van der Waals surface area contributed by atoms with Gasteiger partial charge < -0.3 is 9.67 Å². The molecule has 0 aliphatic carbocycles. The van der Waals surface area contributed by atoms with Crippen LogP contribution in [-0.2, 0) is 6.54 Å². The Morgan fingerprint density at radius 2 is 1.70 bits per heavy atom. The van der Waals surface area contributed by atoms with Gasteiger partial charge in [-0.3, -0.25) is 0 Å². The van der Waals surface area contributed by atoms with E-state index in [0.29, 0.717) is 22.8 Å². The van der Waals surface area contributed by atoms with Crippen molar-refractivity contribution in [2.75, 3.05) is 0 Å². The first-order chi connectivity index (χ1) is 14.5. The Morgan fingerprint density at radius 1 is 0.900 bits per heavy atom. The first kappa shape index (κ1) is 18.6. The van der Waals surface area contributed by atoms with E-state index in [0.717, 1.165) is 22.2 Å². The molecule has 0 amide bonds. The zero-order valence-corrected chi connectivity index (χ0v) is 17.5. The number of benzene rings is 3. The number of rotatable bonds is 3. The predicted octanol–water partition coefficient (Wildman–Crippen LogP) is 6.28. The zero-order valence-electron chi connectivity index (χ0n) is 16.7. The average Bonchev–Trinajstić information content (AvgIpc) is 3.04. The molecule has 5 heteroatoms. The van der Waals surface area contributed by atoms with E-state index in [1.165, 1.54) is 16.7 Å². The number of aromatic hydroxyl groups is 1. The summed E-state index contributed by atoms with van der Waals surface area (Å²) in [7, 11) is 0. The van der Waals surface area contributed by atoms with Crippen LogP contribution < -0.4 is 0 Å². The molecule has 0 atom stereocenters. The summed E-state index contributed by atoms with van der Waals surface area (Å²) < 4.78 is 2.16. The summed E-state index contributed by atoms with van der Waals surface area (Å²) in [5, 5.41) is 11.8. The van der Waals surface area contributed by atoms with Gasteiger partial charge in [-0.15, -0.1) is 0 Å². The van der Waals surface area contributed by atoms with E-state index in [1.807, 2.05) is 42.5 Å². The molecule has 0 aliphatic rings. The van der Waals surface area contributed by atoms with Crippen LogP contribution in [0.1, 0.15) is 16.7 Å². The van der Waals surface area contributed by atoms with Gasteiger partial charge in [0, 0.05) is 17.0 Å². The average molecular weight is 414 g/mol. The normalized spacial score (nSPS) is 11.4. The minimum absolute atomic E-state index is 0.161. The first-order valence-corrected chi connectivity index (χ1v) is 10.2. The molecule has 148 valence electrons. The van der Waals surface area contributed by atoms with Crippen LogP contribution >= 0.6 is 11.6 Å². The third-order valence-corrected chi connectivity index (χ3v) is 5.50. The third kappa shape index (κ3) is 3.29. The monoisotopic (exact) mass is 413 g/mol. The van der Waals surface area contributed by atoms with Crippen molar-refractivity contribution in [3.8, 4) is 17.3 Å². The van der Waals surface area contributed by atoms with Crippen molar-refractivity contribution in [1.82, 2.24) is 14.5 Å². The number of phenols is 1. The van der Waals surface area contributed by atoms with Crippen molar-refractivity contribution in [1.29, 1.82) is 0 Å². The molecule has 2 aromatic heterocycles. The van der Waals surface area contributed by atoms with E-state index in [-0.39, 0.29) is 5.75 Å². The topological polar surface area (TPSA) is 50.9 Å². The maximum Gasteiger partial charge on any atom is 0.160 e. The van der Waals surface area contributed by atoms with Crippen LogP contribution in [-0.4, -0.2) is 19.6 Å². The lowest BCUT2D eigenvalue weighted by atomic mass is 10.1. The van der Waals surface area contributed by atoms with Crippen LogP contribution in [0.5, 0.6) is 5.75 Å². The number of pyridine rings is 1. The second-order valence-electron chi connectivity index (χ2n) is 7.70. The molecule has 1 N–H and O–H groups in total. The summed E-state index contributed by atoms with van der Waals surface area (Å²) >= 11 is 6.23. The highest BCUT2D eigenvalue weighted by atomic mass is 35.5. The molecule has 0 bridgehead atoms. The van der Waals surface area contributed by atoms with E-state index in [1.54, 1.807) is 6.07 Å². The van der Waals surface area contributed by atoms with Gasteiger partial charge in [0.2, 0.25) is 0 Å². The smallest absolute Gasteiger partial charge is 0.160 e. The minimum atomic E-state index is 0.161. The lowest BCUT2D eigenvalue weighted by Gasteiger charge is -2.11. The zero-order chi connectivity index (χ0) is 20.8. The number of hydrogen-bond acceptors (Lipinski definition) is 3. The number of fused-ring (bicyclic) bond motifs is 2. The number of nitrogens with zero attached hydrogens (tertiary/aromatic N) is 3. The molecule has 0 aliphatic heterocycles. The largest absolute Gasteiger partial charge is 0.506 e. The summed E-state index contributed by atoms with van der Waals surface area (Å²) in [6.07, 6.45) is 0. The van der Waals surface area contributed by atoms with Crippen molar-refractivity contribution in [2.24, 2.45) is 0 Å². The number of para-hydroxylation sites is 1. The van der Waals surface area contributed by atoms with Crippen LogP contribution in [0.3, 0.4) is 0 Å². The van der Waals surface area contributed by atoms with Gasteiger partial charge in [0.1, 0.15) is 17.0 Å². The maximum atomic E-state index is 10.3. The molecule has 5 aromatic rings. The Kier molecular flexibility index (Phi) is 4.44. The summed E-state index contributed by atoms with van der Waals surface area (Å²) in [5.41, 5.74) is 6.75. The van der Waals surface area contributed by atoms with Gasteiger partial charge in [0.15, 0.2) is 5.82 Å². The van der Waals surface area contributed by atoms with Gasteiger partial charge in [-0.05, 0) is 49.7 Å². The molecule has 0 saturated heterocycles. The van der Waals surface area contributed by atoms with Crippen molar-refractivity contribution in [2.45, 2.75) is 20.4 Å². The Morgan fingerprint density at radius 3 is 2.50 bits per heavy atom. The van der Waals surface area contributed by atoms with Gasteiger partial charge in [0.25, 0.3) is 0 Å². The highest BCUT2D eigenvalue weighted by Gasteiger charge is 2.16. The molecule has 2 heterocycles. The number of aromatic nitrogens is 3. The SMILES string of the molecule is Cc1cc(C)cc(Cn2c(-c3ccc4cccc(O)c4n3)nc3cc(Cl)ccc32)c1. The Labute approximate surface area is 179 Å². The van der Waals surface area contributed by atoms with Crippen LogP contribution in [0.25, 0.3) is 33.5 Å². The van der Waals surface area contributed by atoms with E-state index < -0.39 is 0 Å². The van der Waals surface area contributed by atoms with E-state index in [9.17, 15) is 5.11 Å². The van der Waals surface area contributed by atoms with Crippen LogP contribution in [0.2, 0.25) is 5.02 Å². The Hall–Kier alpha value is -3.37. The Balaban J connectivity index is 1.73. The van der Waals surface area contributed by atoms with Gasteiger partial charge in [-0.1, -0.05) is 59.1 Å². The second kappa shape index (κ2) is 7.15. The fourth-order valence-corrected chi connectivity index (χ4v) is 4.22. The van der Waals surface area contributed by atoms with Crippen LogP contribution in [0.4, 0.5) is 0 Å². The van der Waals surface area contributed by atoms with Crippen molar-refractivity contribution in [3.63, 3.8) is 0 Å². The molecule has 0 fully saturated rings. The highest BCUT2D eigenvalue weighted by Crippen LogP contribution is 2.30. The van der Waals surface area contributed by atoms with Gasteiger partial charge in [-0.2, -0.15) is 0 Å². The third-order valence-electron chi connectivity index (χ3n) is 5.26. The molecule has 0 saturated carbocycles. The fourth-order valence-electron chi connectivity index (χ4n) is 4.06. The van der Waals surface area contributed by atoms with Gasteiger partial charge in [-0.25, -0.2) is 9.97 Å². The molecule has 0 radical (unpaired) electrons. The summed E-state index contributed by atoms with van der Waals surface area (Å²) in [6.45, 7) is 4.88. The standard InChI is InChI=1S/C25H20ClN3O/c1-15-10-16(2)12-17(11-15)14-29-22-9-7-19(26)13-21(22)28-25(29)20-8-6-18-4-3-5-23(30)24(18)27-20/h3-13,30H,14H2,1-2H3. The number of phenolic OH excluding ortho intramolecular Hbond substituents is 1. The quantitative estimate of drug-likeness (QED) is 0.379. The minimum Gasteiger partial charge on any atom is -0.506 e. The van der Waals surface area contributed by atoms with E-state index in [2.05, 4.69) is 36.6 Å². The molecule has 0 spiro atoms. The van der Waals surface area contributed by atoms with Gasteiger partial charge >= 0.3 is 0 Å². The summed E-state index contributed by atoms with van der Waals surface area (Å²) in [5.74, 6) is 0.908. The van der Waals surface area contributed by atoms with Crippen molar-refractivity contribution >= 4 is 33.5 Å². The predicted molar refractivity (Wildman–Crippen MR) is 122 cm³/mol. The van der Waals surface area contributed by atoms with Crippen LogP contribution in [0, 0.1) is 13.8 Å². The first-order valence-electron chi connectivity index (χ1n) is 9.80. The Bertz CT molecular complexity index is 1400. The molecular formula is C25H20ClN3O. The van der Waals surface area contributed by atoms with Crippen molar-refractivity contribution in [3.05, 3.63) is 88.4 Å². The molecule has 30 heavy (non-hydrogen) atoms. The molecular weight excluding hydrogens is 394 g/mol. The number of hydrogen-bond donors (Lipinski definition) is 1. The fraction of sp³-hybridized carbons (Fsp3) is 0.120. The second-order valence-corrected chi connectivity index (χ2v) is 8.13. The number of aryl methyl sites for hydroxylation is 2. The number of halogens is 1. The lowest BCUT2D eigenvalue weighted by molar-refractivity contribution is 0.480. The lowest BCUT2D eigenvalue weighted by Crippen LogP contribution is -2.04. The number of imidazole rings is 1. The maximum absolute atomic E-state index is 10.3. The molecule has 0 unspecified atom stereocenters. The van der Waals surface area contributed by atoms with Gasteiger partial charge in [0.05, 0.1) is 11.0 Å². The molecule has 4 nitrogen and oxygen atoms in total. The summed E-state index contributed by atoms with van der Waals surface area (Å²) in [4.78, 5) is 9.59. The molecule has 5 rings (SSSR count). The summed E-state index contributed by atoms with van der Waals surface area (Å²) in [6, 6.07) is 21.6. The molecule has 3 aromatic carbocycles. The highest BCUT2D eigenvalue weighted by molar-refractivity contribution is 6.31.